The highest BCUT2D eigenvalue weighted by atomic mass is 16.5. The Balaban J connectivity index is 1.63. The van der Waals surface area contributed by atoms with Crippen molar-refractivity contribution >= 4 is 5.91 Å². The minimum absolute atomic E-state index is 0.0690. The smallest absolute Gasteiger partial charge is 0.291 e. The largest absolute Gasteiger partial charge is 0.339 e. The lowest BCUT2D eigenvalue weighted by Crippen LogP contribution is -2.36. The molecular weight excluding hydrogens is 320 g/mol. The van der Waals surface area contributed by atoms with Crippen LogP contribution in [-0.4, -0.2) is 48.8 Å². The van der Waals surface area contributed by atoms with E-state index in [1.54, 1.807) is 18.7 Å². The van der Waals surface area contributed by atoms with Crippen molar-refractivity contribution in [1.29, 1.82) is 0 Å². The van der Waals surface area contributed by atoms with E-state index in [1.165, 1.54) is 0 Å². The Hall–Kier alpha value is -2.25. The molecule has 2 aliphatic rings. The zero-order valence-corrected chi connectivity index (χ0v) is 15.2. The van der Waals surface area contributed by atoms with Crippen LogP contribution >= 0.6 is 0 Å². The summed E-state index contributed by atoms with van der Waals surface area (Å²) in [5, 5.41) is 8.34. The minimum Gasteiger partial charge on any atom is -0.339 e. The molecule has 0 radical (unpaired) electrons. The van der Waals surface area contributed by atoms with Crippen LogP contribution in [0.5, 0.6) is 0 Å². The van der Waals surface area contributed by atoms with E-state index in [9.17, 15) is 4.79 Å². The fraction of sp³-hybridized carbons (Fsp3) is 0.706. The predicted octanol–water partition coefficient (Wildman–Crippen LogP) is 1.82. The molecule has 3 heterocycles. The first-order valence-electron chi connectivity index (χ1n) is 8.92. The van der Waals surface area contributed by atoms with Gasteiger partial charge in [-0.1, -0.05) is 25.4 Å². The summed E-state index contributed by atoms with van der Waals surface area (Å²) in [4.78, 5) is 23.8. The zero-order valence-electron chi connectivity index (χ0n) is 15.2. The van der Waals surface area contributed by atoms with Crippen LogP contribution in [0.1, 0.15) is 67.2 Å². The van der Waals surface area contributed by atoms with Gasteiger partial charge in [0.1, 0.15) is 5.82 Å². The average Bonchev–Trinajstić information content (AvgIpc) is 3.26. The van der Waals surface area contributed by atoms with Gasteiger partial charge in [-0.2, -0.15) is 10.1 Å². The Morgan fingerprint density at radius 3 is 2.80 bits per heavy atom. The van der Waals surface area contributed by atoms with Crippen LogP contribution in [0.25, 0.3) is 0 Å². The lowest BCUT2D eigenvalue weighted by Gasteiger charge is -2.24. The van der Waals surface area contributed by atoms with Gasteiger partial charge >= 0.3 is 0 Å². The number of likely N-dealkylation sites (tertiary alicyclic amines) is 1. The highest BCUT2D eigenvalue weighted by molar-refractivity contribution is 5.91. The average molecular weight is 344 g/mol. The van der Waals surface area contributed by atoms with Crippen LogP contribution < -0.4 is 0 Å². The monoisotopic (exact) mass is 344 g/mol. The van der Waals surface area contributed by atoms with Gasteiger partial charge in [0.15, 0.2) is 5.82 Å². The van der Waals surface area contributed by atoms with Crippen molar-refractivity contribution in [2.24, 2.45) is 13.0 Å². The number of nitrogens with zero attached hydrogens (tertiary/aromatic N) is 6. The van der Waals surface area contributed by atoms with Gasteiger partial charge in [-0.25, -0.2) is 9.67 Å². The molecule has 1 aliphatic heterocycles. The van der Waals surface area contributed by atoms with Crippen LogP contribution in [0, 0.1) is 12.8 Å². The molecule has 25 heavy (non-hydrogen) atoms. The van der Waals surface area contributed by atoms with E-state index in [1.807, 2.05) is 4.90 Å². The number of hydrogen-bond donors (Lipinski definition) is 0. The van der Waals surface area contributed by atoms with Gasteiger partial charge in [-0.15, -0.1) is 0 Å². The van der Waals surface area contributed by atoms with Gasteiger partial charge in [0.25, 0.3) is 5.91 Å². The van der Waals surface area contributed by atoms with E-state index >= 15 is 0 Å². The fourth-order valence-corrected chi connectivity index (χ4v) is 4.31. The summed E-state index contributed by atoms with van der Waals surface area (Å²) in [5.41, 5.74) is -0.205. The molecule has 1 saturated carbocycles. The first-order chi connectivity index (χ1) is 11.9. The molecule has 1 aliphatic carbocycles. The Bertz CT molecular complexity index is 810. The standard InChI is InChI=1S/C17H24N6O2/c1-10(2)13-19-16(25-21-13)17-7-5-6-12(17)8-23(9-17)15(24)14-18-11(3)20-22(14)4/h10,12H,5-9H2,1-4H3/t12-,17-/m0/s1. The zero-order chi connectivity index (χ0) is 17.8. The first-order valence-corrected chi connectivity index (χ1v) is 8.92. The van der Waals surface area contributed by atoms with E-state index in [0.717, 1.165) is 25.1 Å². The molecule has 2 atom stereocenters. The number of carbonyl (C=O) groups excluding carboxylic acids is 1. The second-order valence-electron chi connectivity index (χ2n) is 7.65. The number of amides is 1. The van der Waals surface area contributed by atoms with Crippen LogP contribution in [0.3, 0.4) is 0 Å². The summed E-state index contributed by atoms with van der Waals surface area (Å²) >= 11 is 0. The quantitative estimate of drug-likeness (QED) is 0.844. The maximum Gasteiger partial charge on any atom is 0.291 e. The third-order valence-corrected chi connectivity index (χ3v) is 5.60. The summed E-state index contributed by atoms with van der Waals surface area (Å²) in [6.07, 6.45) is 3.20. The SMILES string of the molecule is Cc1nc(C(=O)N2C[C@@H]3CCC[C@]3(c3nc(C(C)C)no3)C2)n(C)n1. The van der Waals surface area contributed by atoms with E-state index in [0.29, 0.717) is 36.5 Å². The van der Waals surface area contributed by atoms with E-state index in [4.69, 9.17) is 4.52 Å². The van der Waals surface area contributed by atoms with Crippen molar-refractivity contribution in [3.63, 3.8) is 0 Å². The topological polar surface area (TPSA) is 89.9 Å². The molecule has 1 saturated heterocycles. The van der Waals surface area contributed by atoms with Crippen molar-refractivity contribution in [3.8, 4) is 0 Å². The molecule has 2 aromatic heterocycles. The normalized spacial score (nSPS) is 25.8. The fourth-order valence-electron chi connectivity index (χ4n) is 4.31. The number of carbonyl (C=O) groups is 1. The number of fused-ring (bicyclic) bond motifs is 1. The molecule has 8 heteroatoms. The summed E-state index contributed by atoms with van der Waals surface area (Å²) in [6, 6.07) is 0. The van der Waals surface area contributed by atoms with Crippen LogP contribution in [0.2, 0.25) is 0 Å². The van der Waals surface area contributed by atoms with Gasteiger partial charge in [-0.05, 0) is 25.7 Å². The molecule has 134 valence electrons. The number of rotatable bonds is 3. The molecule has 1 amide bonds. The molecular formula is C17H24N6O2. The molecule has 0 unspecified atom stereocenters. The van der Waals surface area contributed by atoms with Crippen LogP contribution in [0.15, 0.2) is 4.52 Å². The van der Waals surface area contributed by atoms with Crippen molar-refractivity contribution in [2.45, 2.75) is 51.4 Å². The molecule has 0 bridgehead atoms. The van der Waals surface area contributed by atoms with Gasteiger partial charge in [-0.3, -0.25) is 4.79 Å². The van der Waals surface area contributed by atoms with Gasteiger partial charge in [0.2, 0.25) is 11.7 Å². The molecule has 0 spiro atoms. The lowest BCUT2D eigenvalue weighted by molar-refractivity contribution is 0.0758. The molecule has 8 nitrogen and oxygen atoms in total. The molecule has 2 aromatic rings. The third-order valence-electron chi connectivity index (χ3n) is 5.60. The van der Waals surface area contributed by atoms with Crippen molar-refractivity contribution < 1.29 is 9.32 Å². The third kappa shape index (κ3) is 2.46. The maximum absolute atomic E-state index is 12.9. The van der Waals surface area contributed by atoms with E-state index in [-0.39, 0.29) is 17.2 Å². The van der Waals surface area contributed by atoms with Crippen molar-refractivity contribution in [3.05, 3.63) is 23.4 Å². The predicted molar refractivity (Wildman–Crippen MR) is 89.0 cm³/mol. The van der Waals surface area contributed by atoms with Crippen molar-refractivity contribution in [2.75, 3.05) is 13.1 Å². The summed E-state index contributed by atoms with van der Waals surface area (Å²) in [6.45, 7) is 7.23. The number of aromatic nitrogens is 5. The Morgan fingerprint density at radius 1 is 1.36 bits per heavy atom. The minimum atomic E-state index is -0.205. The Labute approximate surface area is 146 Å². The second-order valence-corrected chi connectivity index (χ2v) is 7.65. The number of aryl methyl sites for hydroxylation is 2. The molecule has 0 N–H and O–H groups in total. The molecule has 4 rings (SSSR count). The second kappa shape index (κ2) is 5.64. The van der Waals surface area contributed by atoms with Crippen molar-refractivity contribution in [1.82, 2.24) is 29.8 Å². The van der Waals surface area contributed by atoms with E-state index in [2.05, 4.69) is 34.1 Å². The van der Waals surface area contributed by atoms with Gasteiger partial charge in [0, 0.05) is 26.1 Å². The summed E-state index contributed by atoms with van der Waals surface area (Å²) in [7, 11) is 1.76. The van der Waals surface area contributed by atoms with E-state index < -0.39 is 0 Å². The summed E-state index contributed by atoms with van der Waals surface area (Å²) < 4.78 is 7.20. The maximum atomic E-state index is 12.9. The highest BCUT2D eigenvalue weighted by Gasteiger charge is 2.55. The summed E-state index contributed by atoms with van der Waals surface area (Å²) in [5.74, 6) is 2.97. The Morgan fingerprint density at radius 2 is 2.16 bits per heavy atom. The first kappa shape index (κ1) is 16.2. The highest BCUT2D eigenvalue weighted by Crippen LogP contribution is 2.50. The molecule has 2 fully saturated rings. The molecule has 0 aromatic carbocycles. The lowest BCUT2D eigenvalue weighted by atomic mass is 9.80. The number of hydrogen-bond acceptors (Lipinski definition) is 6. The van der Waals surface area contributed by atoms with Gasteiger partial charge in [0.05, 0.1) is 5.41 Å². The van der Waals surface area contributed by atoms with Crippen LogP contribution in [0.4, 0.5) is 0 Å². The van der Waals surface area contributed by atoms with Crippen LogP contribution in [-0.2, 0) is 12.5 Å². The van der Waals surface area contributed by atoms with Gasteiger partial charge < -0.3 is 9.42 Å². The Kier molecular flexibility index (Phi) is 3.66.